The van der Waals surface area contributed by atoms with E-state index in [1.807, 2.05) is 24.3 Å². The van der Waals surface area contributed by atoms with Crippen molar-refractivity contribution < 1.29 is 14.3 Å². The molecule has 3 nitrogen and oxygen atoms in total. The zero-order chi connectivity index (χ0) is 13.1. The van der Waals surface area contributed by atoms with Crippen molar-refractivity contribution in [2.45, 2.75) is 19.3 Å². The minimum Gasteiger partial charge on any atom is -0.466 e. The third kappa shape index (κ3) is 2.34. The molecule has 2 unspecified atom stereocenters. The third-order valence-corrected chi connectivity index (χ3v) is 3.85. The summed E-state index contributed by atoms with van der Waals surface area (Å²) in [4.78, 5) is 24.0. The lowest BCUT2D eigenvalue weighted by molar-refractivity contribution is -0.149. The Morgan fingerprint density at radius 2 is 2.11 bits per heavy atom. The lowest BCUT2D eigenvalue weighted by Gasteiger charge is -2.16. The number of halogens is 1. The van der Waals surface area contributed by atoms with Crippen LogP contribution in [0.15, 0.2) is 24.3 Å². The van der Waals surface area contributed by atoms with Crippen LogP contribution in [0.3, 0.4) is 0 Å². The molecule has 96 valence electrons. The number of esters is 1. The van der Waals surface area contributed by atoms with Gasteiger partial charge in [-0.1, -0.05) is 40.2 Å². The van der Waals surface area contributed by atoms with E-state index in [-0.39, 0.29) is 28.9 Å². The highest BCUT2D eigenvalue weighted by atomic mass is 79.9. The first-order valence-corrected chi connectivity index (χ1v) is 7.14. The van der Waals surface area contributed by atoms with E-state index < -0.39 is 0 Å². The Kier molecular flexibility index (Phi) is 4.17. The molecule has 0 N–H and O–H groups in total. The molecule has 1 aliphatic rings. The van der Waals surface area contributed by atoms with Crippen molar-refractivity contribution >= 4 is 27.7 Å². The maximum Gasteiger partial charge on any atom is 0.310 e. The fourth-order valence-corrected chi connectivity index (χ4v) is 2.89. The SMILES string of the molecule is CCOC(=O)C1Cc2ccccc2C1C(=O)CBr. The van der Waals surface area contributed by atoms with Gasteiger partial charge in [0.2, 0.25) is 0 Å². The summed E-state index contributed by atoms with van der Waals surface area (Å²) in [5, 5.41) is 0.266. The van der Waals surface area contributed by atoms with Crippen molar-refractivity contribution in [1.82, 2.24) is 0 Å². The summed E-state index contributed by atoms with van der Waals surface area (Å²) >= 11 is 3.19. The molecular formula is C14H15BrO3. The van der Waals surface area contributed by atoms with Crippen LogP contribution in [0.25, 0.3) is 0 Å². The van der Waals surface area contributed by atoms with Gasteiger partial charge in [0.25, 0.3) is 0 Å². The molecule has 0 spiro atoms. The zero-order valence-corrected chi connectivity index (χ0v) is 11.8. The van der Waals surface area contributed by atoms with E-state index in [9.17, 15) is 9.59 Å². The number of fused-ring (bicyclic) bond motifs is 1. The Morgan fingerprint density at radius 3 is 2.78 bits per heavy atom. The summed E-state index contributed by atoms with van der Waals surface area (Å²) in [6.07, 6.45) is 0.596. The van der Waals surface area contributed by atoms with Gasteiger partial charge in [-0.2, -0.15) is 0 Å². The van der Waals surface area contributed by atoms with Crippen LogP contribution in [0.5, 0.6) is 0 Å². The summed E-state index contributed by atoms with van der Waals surface area (Å²) in [6.45, 7) is 2.13. The first-order chi connectivity index (χ1) is 8.69. The second-order valence-electron chi connectivity index (χ2n) is 4.34. The molecule has 4 heteroatoms. The molecule has 0 amide bonds. The van der Waals surface area contributed by atoms with E-state index in [1.165, 1.54) is 0 Å². The molecular weight excluding hydrogens is 296 g/mol. The monoisotopic (exact) mass is 310 g/mol. The van der Waals surface area contributed by atoms with Gasteiger partial charge in [-0.3, -0.25) is 9.59 Å². The molecule has 2 atom stereocenters. The van der Waals surface area contributed by atoms with Gasteiger partial charge < -0.3 is 4.74 Å². The first-order valence-electron chi connectivity index (χ1n) is 6.02. The zero-order valence-electron chi connectivity index (χ0n) is 10.2. The standard InChI is InChI=1S/C14H15BrO3/c1-2-18-14(17)11-7-9-5-3-4-6-10(9)13(11)12(16)8-15/h3-6,11,13H,2,7-8H2,1H3. The van der Waals surface area contributed by atoms with Crippen LogP contribution < -0.4 is 0 Å². The van der Waals surface area contributed by atoms with Gasteiger partial charge >= 0.3 is 5.97 Å². The minimum absolute atomic E-state index is 0.0398. The fourth-order valence-electron chi connectivity index (χ4n) is 2.54. The lowest BCUT2D eigenvalue weighted by atomic mass is 9.89. The average molecular weight is 311 g/mol. The molecule has 0 aromatic heterocycles. The average Bonchev–Trinajstić information content (AvgIpc) is 2.77. The number of ketones is 1. The van der Waals surface area contributed by atoms with Crippen LogP contribution in [-0.2, 0) is 20.7 Å². The van der Waals surface area contributed by atoms with Crippen LogP contribution in [0.1, 0.15) is 24.0 Å². The number of carbonyl (C=O) groups is 2. The Bertz CT molecular complexity index is 470. The molecule has 0 saturated carbocycles. The molecule has 0 bridgehead atoms. The van der Waals surface area contributed by atoms with Gasteiger partial charge in [-0.05, 0) is 24.5 Å². The molecule has 0 aliphatic heterocycles. The van der Waals surface area contributed by atoms with Crippen molar-refractivity contribution in [3.05, 3.63) is 35.4 Å². The normalized spacial score (nSPS) is 21.4. The molecule has 2 rings (SSSR count). The largest absolute Gasteiger partial charge is 0.466 e. The molecule has 0 heterocycles. The number of benzene rings is 1. The van der Waals surface area contributed by atoms with Crippen molar-refractivity contribution in [3.63, 3.8) is 0 Å². The molecule has 1 aliphatic carbocycles. The second-order valence-corrected chi connectivity index (χ2v) is 4.90. The number of alkyl halides is 1. The van der Waals surface area contributed by atoms with Crippen LogP contribution in [0, 0.1) is 5.92 Å². The Morgan fingerprint density at radius 1 is 1.39 bits per heavy atom. The smallest absolute Gasteiger partial charge is 0.310 e. The molecule has 0 saturated heterocycles. The van der Waals surface area contributed by atoms with Crippen LogP contribution in [-0.4, -0.2) is 23.7 Å². The molecule has 1 aromatic rings. The van der Waals surface area contributed by atoms with Crippen molar-refractivity contribution in [1.29, 1.82) is 0 Å². The van der Waals surface area contributed by atoms with E-state index in [0.29, 0.717) is 13.0 Å². The second kappa shape index (κ2) is 5.65. The minimum atomic E-state index is -0.368. The Labute approximate surface area is 115 Å². The molecule has 0 fully saturated rings. The maximum atomic E-state index is 12.0. The predicted molar refractivity (Wildman–Crippen MR) is 71.8 cm³/mol. The van der Waals surface area contributed by atoms with Gasteiger partial charge in [0.1, 0.15) is 0 Å². The van der Waals surface area contributed by atoms with Gasteiger partial charge in [0.05, 0.1) is 23.8 Å². The Hall–Kier alpha value is -1.16. The summed E-state index contributed by atoms with van der Waals surface area (Å²) < 4.78 is 5.08. The number of hydrogen-bond donors (Lipinski definition) is 0. The van der Waals surface area contributed by atoms with E-state index in [1.54, 1.807) is 6.92 Å². The van der Waals surface area contributed by atoms with Crippen LogP contribution in [0.2, 0.25) is 0 Å². The Balaban J connectivity index is 2.33. The van der Waals surface area contributed by atoms with Crippen LogP contribution in [0.4, 0.5) is 0 Å². The summed E-state index contributed by atoms with van der Waals surface area (Å²) in [7, 11) is 0. The van der Waals surface area contributed by atoms with Crippen molar-refractivity contribution in [2.24, 2.45) is 5.92 Å². The van der Waals surface area contributed by atoms with E-state index in [2.05, 4.69) is 15.9 Å². The number of Topliss-reactive ketones (excluding diaryl/α,β-unsaturated/α-hetero) is 1. The fraction of sp³-hybridized carbons (Fsp3) is 0.429. The maximum absolute atomic E-state index is 12.0. The molecule has 18 heavy (non-hydrogen) atoms. The highest BCUT2D eigenvalue weighted by Crippen LogP contribution is 2.39. The quantitative estimate of drug-likeness (QED) is 0.634. The van der Waals surface area contributed by atoms with Gasteiger partial charge in [-0.15, -0.1) is 0 Å². The molecule has 0 radical (unpaired) electrons. The number of rotatable bonds is 4. The van der Waals surface area contributed by atoms with E-state index >= 15 is 0 Å². The number of ether oxygens (including phenoxy) is 1. The highest BCUT2D eigenvalue weighted by Gasteiger charge is 2.41. The summed E-state index contributed by atoms with van der Waals surface area (Å²) in [5.74, 6) is -0.960. The summed E-state index contributed by atoms with van der Waals surface area (Å²) in [5.41, 5.74) is 2.05. The predicted octanol–water partition coefficient (Wildman–Crippen LogP) is 2.47. The van der Waals surface area contributed by atoms with Crippen molar-refractivity contribution in [2.75, 3.05) is 11.9 Å². The van der Waals surface area contributed by atoms with E-state index in [4.69, 9.17) is 4.74 Å². The van der Waals surface area contributed by atoms with Crippen molar-refractivity contribution in [3.8, 4) is 0 Å². The molecule has 1 aromatic carbocycles. The van der Waals surface area contributed by atoms with Gasteiger partial charge in [0, 0.05) is 0 Å². The van der Waals surface area contributed by atoms with Crippen LogP contribution >= 0.6 is 15.9 Å². The lowest BCUT2D eigenvalue weighted by Crippen LogP contribution is -2.27. The topological polar surface area (TPSA) is 43.4 Å². The number of carbonyl (C=O) groups excluding carboxylic acids is 2. The first kappa shape index (κ1) is 13.3. The third-order valence-electron chi connectivity index (χ3n) is 3.30. The highest BCUT2D eigenvalue weighted by molar-refractivity contribution is 9.09. The van der Waals surface area contributed by atoms with Gasteiger partial charge in [-0.25, -0.2) is 0 Å². The summed E-state index contributed by atoms with van der Waals surface area (Å²) in [6, 6.07) is 7.74. The number of hydrogen-bond acceptors (Lipinski definition) is 3. The van der Waals surface area contributed by atoms with E-state index in [0.717, 1.165) is 11.1 Å². The van der Waals surface area contributed by atoms with Gasteiger partial charge in [0.15, 0.2) is 5.78 Å².